The van der Waals surface area contributed by atoms with Gasteiger partial charge in [-0.15, -0.1) is 0 Å². The van der Waals surface area contributed by atoms with E-state index >= 15 is 0 Å². The Kier molecular flexibility index (Phi) is 5.27. The van der Waals surface area contributed by atoms with Gasteiger partial charge in [0.05, 0.1) is 27.8 Å². The molecule has 36 heavy (non-hydrogen) atoms. The fraction of sp³-hybridized carbons (Fsp3) is 0.0400. The summed E-state index contributed by atoms with van der Waals surface area (Å²) >= 11 is 0. The molecule has 0 aliphatic heterocycles. The normalized spacial score (nSPS) is 11.6. The monoisotopic (exact) mass is 502 g/mol. The highest BCUT2D eigenvalue weighted by atomic mass is 19.2. The molecule has 2 N–H and O–H groups in total. The summed E-state index contributed by atoms with van der Waals surface area (Å²) < 4.78 is 80.1. The first kappa shape index (κ1) is 23.1. The van der Waals surface area contributed by atoms with Crippen molar-refractivity contribution in [1.29, 1.82) is 0 Å². The van der Waals surface area contributed by atoms with Gasteiger partial charge in [0.2, 0.25) is 0 Å². The number of hydrogen-bond donors (Lipinski definition) is 2. The quantitative estimate of drug-likeness (QED) is 0.200. The van der Waals surface area contributed by atoms with Crippen LogP contribution in [-0.4, -0.2) is 10.2 Å². The molecular formula is C25H11F5O6. The number of aromatic hydroxyl groups is 2. The van der Waals surface area contributed by atoms with Crippen LogP contribution in [0.3, 0.4) is 0 Å². The third-order valence-corrected chi connectivity index (χ3v) is 5.67. The number of hydrogen-bond acceptors (Lipinski definition) is 6. The van der Waals surface area contributed by atoms with Crippen LogP contribution in [-0.2, 0) is 0 Å². The second-order valence-corrected chi connectivity index (χ2v) is 7.82. The van der Waals surface area contributed by atoms with Crippen molar-refractivity contribution >= 4 is 21.9 Å². The van der Waals surface area contributed by atoms with E-state index in [1.165, 1.54) is 0 Å². The van der Waals surface area contributed by atoms with Crippen LogP contribution in [0.25, 0.3) is 21.9 Å². The lowest BCUT2D eigenvalue weighted by atomic mass is 9.84. The number of benzene rings is 3. The highest BCUT2D eigenvalue weighted by Crippen LogP contribution is 2.42. The molecule has 11 heteroatoms. The minimum Gasteiger partial charge on any atom is -0.507 e. The second kappa shape index (κ2) is 8.22. The van der Waals surface area contributed by atoms with E-state index in [9.17, 15) is 41.8 Å². The summed E-state index contributed by atoms with van der Waals surface area (Å²) in [5.74, 6) is -10.9. The van der Waals surface area contributed by atoms with E-state index in [4.69, 9.17) is 8.83 Å². The molecule has 182 valence electrons. The summed E-state index contributed by atoms with van der Waals surface area (Å²) in [4.78, 5) is 25.9. The van der Waals surface area contributed by atoms with Gasteiger partial charge in [-0.1, -0.05) is 0 Å². The molecule has 2 heterocycles. The number of halogens is 5. The van der Waals surface area contributed by atoms with Crippen LogP contribution in [0.2, 0.25) is 0 Å². The van der Waals surface area contributed by atoms with Gasteiger partial charge in [0.1, 0.15) is 34.3 Å². The molecule has 0 fully saturated rings. The lowest BCUT2D eigenvalue weighted by Gasteiger charge is -2.20. The van der Waals surface area contributed by atoms with Gasteiger partial charge in [-0.3, -0.25) is 0 Å². The summed E-state index contributed by atoms with van der Waals surface area (Å²) in [6.45, 7) is 0. The first-order chi connectivity index (χ1) is 17.1. The molecule has 0 bridgehead atoms. The Morgan fingerprint density at radius 3 is 1.47 bits per heavy atom. The molecule has 5 rings (SSSR count). The smallest absolute Gasteiger partial charge is 0.344 e. The van der Waals surface area contributed by atoms with Gasteiger partial charge in [-0.2, -0.15) is 0 Å². The van der Waals surface area contributed by atoms with Gasteiger partial charge in [0, 0.05) is 0 Å². The van der Waals surface area contributed by atoms with Crippen LogP contribution in [0.15, 0.2) is 67.0 Å². The maximum atomic E-state index is 14.2. The zero-order chi connectivity index (χ0) is 25.9. The molecule has 6 nitrogen and oxygen atoms in total. The molecule has 0 amide bonds. The fourth-order valence-electron chi connectivity index (χ4n) is 4.07. The molecule has 0 aliphatic carbocycles. The van der Waals surface area contributed by atoms with E-state index in [1.807, 2.05) is 0 Å². The largest absolute Gasteiger partial charge is 0.507 e. The Morgan fingerprint density at radius 1 is 0.639 bits per heavy atom. The zero-order valence-electron chi connectivity index (χ0n) is 17.6. The number of fused-ring (bicyclic) bond motifs is 2. The van der Waals surface area contributed by atoms with E-state index in [0.29, 0.717) is 12.1 Å². The predicted molar refractivity (Wildman–Crippen MR) is 115 cm³/mol. The standard InChI is InChI=1S/C25H11F5O6/c26-10-1-3-16-12(7-10)22(31)19(24(33)35-16)18(9-5-14(28)21(30)15(29)6-9)20-23(32)13-8-11(27)2-4-17(13)36-25(20)34/h1-8,18,31-32H. The molecular weight excluding hydrogens is 491 g/mol. The van der Waals surface area contributed by atoms with Crippen molar-refractivity contribution in [3.8, 4) is 11.5 Å². The second-order valence-electron chi connectivity index (χ2n) is 7.82. The van der Waals surface area contributed by atoms with Gasteiger partial charge in [0.15, 0.2) is 17.5 Å². The van der Waals surface area contributed by atoms with E-state index in [2.05, 4.69) is 0 Å². The molecule has 0 aliphatic rings. The SMILES string of the molecule is O=c1oc2ccc(F)cc2c(O)c1C(c1cc(F)c(F)c(F)c1)c1c(O)c2cc(F)ccc2oc1=O. The van der Waals surface area contributed by atoms with Crippen LogP contribution < -0.4 is 11.3 Å². The van der Waals surface area contributed by atoms with Crippen LogP contribution in [0.5, 0.6) is 11.5 Å². The number of rotatable bonds is 3. The molecule has 0 saturated carbocycles. The van der Waals surface area contributed by atoms with Crippen LogP contribution in [0.1, 0.15) is 22.6 Å². The Labute approximate surface area is 196 Å². The Balaban J connectivity index is 1.95. The van der Waals surface area contributed by atoms with Crippen molar-refractivity contribution in [2.24, 2.45) is 0 Å². The maximum Gasteiger partial charge on any atom is 0.344 e. The third kappa shape index (κ3) is 3.56. The minimum atomic E-state index is -2.03. The van der Waals surface area contributed by atoms with Gasteiger partial charge >= 0.3 is 11.3 Å². The average molecular weight is 502 g/mol. The molecule has 0 spiro atoms. The van der Waals surface area contributed by atoms with E-state index in [0.717, 1.165) is 36.4 Å². The molecule has 5 aromatic rings. The van der Waals surface area contributed by atoms with Crippen molar-refractivity contribution in [2.45, 2.75) is 5.92 Å². The first-order valence-electron chi connectivity index (χ1n) is 10.1. The van der Waals surface area contributed by atoms with E-state index in [1.54, 1.807) is 0 Å². The maximum absolute atomic E-state index is 14.2. The van der Waals surface area contributed by atoms with Gasteiger partial charge in [-0.25, -0.2) is 31.5 Å². The van der Waals surface area contributed by atoms with Crippen molar-refractivity contribution in [3.63, 3.8) is 0 Å². The molecule has 3 aromatic carbocycles. The van der Waals surface area contributed by atoms with Gasteiger partial charge in [0.25, 0.3) is 0 Å². The molecule has 0 radical (unpaired) electrons. The highest BCUT2D eigenvalue weighted by molar-refractivity contribution is 5.87. The van der Waals surface area contributed by atoms with Crippen molar-refractivity contribution in [3.05, 3.63) is 115 Å². The van der Waals surface area contributed by atoms with Crippen LogP contribution in [0.4, 0.5) is 22.0 Å². The third-order valence-electron chi connectivity index (χ3n) is 5.67. The molecule has 0 unspecified atom stereocenters. The Bertz CT molecular complexity index is 1700. The summed E-state index contributed by atoms with van der Waals surface area (Å²) in [6, 6.07) is 6.36. The lowest BCUT2D eigenvalue weighted by Crippen LogP contribution is -2.21. The summed E-state index contributed by atoms with van der Waals surface area (Å²) in [7, 11) is 0. The average Bonchev–Trinajstić information content (AvgIpc) is 2.82. The summed E-state index contributed by atoms with van der Waals surface area (Å²) in [5, 5.41) is 21.1. The molecule has 0 saturated heterocycles. The highest BCUT2D eigenvalue weighted by Gasteiger charge is 2.34. The lowest BCUT2D eigenvalue weighted by molar-refractivity contribution is 0.434. The molecule has 0 atom stereocenters. The van der Waals surface area contributed by atoms with Crippen LogP contribution >= 0.6 is 0 Å². The Hall–Kier alpha value is -4.67. The van der Waals surface area contributed by atoms with Crippen molar-refractivity contribution in [2.75, 3.05) is 0 Å². The molecule has 2 aromatic heterocycles. The first-order valence-corrected chi connectivity index (χ1v) is 10.1. The van der Waals surface area contributed by atoms with Crippen LogP contribution in [0, 0.1) is 29.1 Å². The summed E-state index contributed by atoms with van der Waals surface area (Å²) in [6.07, 6.45) is 0. The van der Waals surface area contributed by atoms with Gasteiger partial charge < -0.3 is 19.0 Å². The summed E-state index contributed by atoms with van der Waals surface area (Å²) in [5.41, 5.74) is -5.53. The zero-order valence-corrected chi connectivity index (χ0v) is 17.6. The Morgan fingerprint density at radius 2 is 1.06 bits per heavy atom. The topological polar surface area (TPSA) is 101 Å². The fourth-order valence-corrected chi connectivity index (χ4v) is 4.07. The predicted octanol–water partition coefficient (Wildman–Crippen LogP) is 5.19. The van der Waals surface area contributed by atoms with Crippen molar-refractivity contribution in [1.82, 2.24) is 0 Å². The van der Waals surface area contributed by atoms with E-state index in [-0.39, 0.29) is 21.9 Å². The van der Waals surface area contributed by atoms with E-state index < -0.39 is 74.4 Å². The van der Waals surface area contributed by atoms with Crippen molar-refractivity contribution < 1.29 is 41.0 Å². The minimum absolute atomic E-state index is 0.269. The van der Waals surface area contributed by atoms with Gasteiger partial charge in [-0.05, 0) is 54.1 Å².